The Hall–Kier alpha value is -1.69. The Morgan fingerprint density at radius 2 is 2.29 bits per heavy atom. The van der Waals surface area contributed by atoms with Crippen molar-refractivity contribution in [3.63, 3.8) is 0 Å². The van der Waals surface area contributed by atoms with E-state index in [9.17, 15) is 5.11 Å². The number of hydrogen-bond donors (Lipinski definition) is 3. The lowest BCUT2D eigenvalue weighted by molar-refractivity contribution is 0.208. The van der Waals surface area contributed by atoms with E-state index in [0.29, 0.717) is 11.5 Å². The summed E-state index contributed by atoms with van der Waals surface area (Å²) < 4.78 is 0. The zero-order valence-electron chi connectivity index (χ0n) is 9.63. The van der Waals surface area contributed by atoms with Gasteiger partial charge in [-0.15, -0.1) is 0 Å². The van der Waals surface area contributed by atoms with E-state index in [4.69, 9.17) is 11.1 Å². The fourth-order valence-electron chi connectivity index (χ4n) is 2.16. The van der Waals surface area contributed by atoms with Crippen molar-refractivity contribution in [3.8, 4) is 0 Å². The van der Waals surface area contributed by atoms with Crippen molar-refractivity contribution < 1.29 is 5.11 Å². The maximum absolute atomic E-state index is 9.20. The molecule has 0 aromatic carbocycles. The van der Waals surface area contributed by atoms with Crippen molar-refractivity contribution in [1.82, 2.24) is 9.97 Å². The van der Waals surface area contributed by atoms with E-state index in [1.807, 2.05) is 4.90 Å². The molecule has 4 N–H and O–H groups in total. The van der Waals surface area contributed by atoms with Crippen LogP contribution in [0.5, 0.6) is 0 Å². The Bertz CT molecular complexity index is 409. The molecule has 1 aliphatic heterocycles. The summed E-state index contributed by atoms with van der Waals surface area (Å²) in [4.78, 5) is 10.4. The molecule has 1 unspecified atom stereocenters. The second-order valence-corrected chi connectivity index (χ2v) is 4.28. The number of nitrogen functional groups attached to an aromatic ring is 1. The van der Waals surface area contributed by atoms with E-state index in [-0.39, 0.29) is 18.4 Å². The maximum Gasteiger partial charge on any atom is 0.158 e. The first-order valence-electron chi connectivity index (χ1n) is 5.73. The highest BCUT2D eigenvalue weighted by Crippen LogP contribution is 2.22. The molecule has 1 fully saturated rings. The number of amidine groups is 1. The average Bonchev–Trinajstić information content (AvgIpc) is 2.39. The fourth-order valence-corrected chi connectivity index (χ4v) is 2.16. The van der Waals surface area contributed by atoms with Gasteiger partial charge in [-0.1, -0.05) is 0 Å². The number of piperidine rings is 1. The lowest BCUT2D eigenvalue weighted by Gasteiger charge is -2.33. The minimum Gasteiger partial charge on any atom is -0.396 e. The molecule has 0 bridgehead atoms. The van der Waals surface area contributed by atoms with Gasteiger partial charge in [0.05, 0.1) is 0 Å². The molecule has 1 aromatic rings. The van der Waals surface area contributed by atoms with Crippen molar-refractivity contribution in [2.75, 3.05) is 24.6 Å². The van der Waals surface area contributed by atoms with Crippen molar-refractivity contribution in [3.05, 3.63) is 18.1 Å². The van der Waals surface area contributed by atoms with Gasteiger partial charge in [0.1, 0.15) is 11.5 Å². The molecule has 92 valence electrons. The molecule has 0 amide bonds. The van der Waals surface area contributed by atoms with Crippen molar-refractivity contribution >= 4 is 11.7 Å². The van der Waals surface area contributed by atoms with Crippen LogP contribution in [-0.4, -0.2) is 40.6 Å². The number of aliphatic hydroxyl groups is 1. The zero-order chi connectivity index (χ0) is 12.3. The second-order valence-electron chi connectivity index (χ2n) is 4.28. The van der Waals surface area contributed by atoms with Crippen LogP contribution in [0.3, 0.4) is 0 Å². The van der Waals surface area contributed by atoms with Crippen LogP contribution in [0.1, 0.15) is 18.5 Å². The maximum atomic E-state index is 9.20. The van der Waals surface area contributed by atoms with Crippen molar-refractivity contribution in [1.29, 1.82) is 5.41 Å². The Morgan fingerprint density at radius 1 is 1.53 bits per heavy atom. The number of aliphatic hydroxyl groups excluding tert-OH is 1. The summed E-state index contributed by atoms with van der Waals surface area (Å²) in [6.07, 6.45) is 5.18. The van der Waals surface area contributed by atoms with Gasteiger partial charge in [-0.25, -0.2) is 9.97 Å². The summed E-state index contributed by atoms with van der Waals surface area (Å²) in [5, 5.41) is 16.7. The Balaban J connectivity index is 2.24. The van der Waals surface area contributed by atoms with Gasteiger partial charge in [0.15, 0.2) is 5.82 Å². The van der Waals surface area contributed by atoms with E-state index < -0.39 is 0 Å². The van der Waals surface area contributed by atoms with Crippen LogP contribution < -0.4 is 10.6 Å². The number of anilines is 1. The van der Waals surface area contributed by atoms with Gasteiger partial charge in [-0.3, -0.25) is 5.41 Å². The van der Waals surface area contributed by atoms with Crippen LogP contribution in [0.2, 0.25) is 0 Å². The molecule has 0 spiro atoms. The van der Waals surface area contributed by atoms with Gasteiger partial charge < -0.3 is 15.7 Å². The number of aromatic nitrogens is 2. The SMILES string of the molecule is N=C(N)c1nccnc1N1CCCC(CO)C1. The van der Waals surface area contributed by atoms with E-state index >= 15 is 0 Å². The number of rotatable bonds is 3. The van der Waals surface area contributed by atoms with Crippen LogP contribution in [0.15, 0.2) is 12.4 Å². The normalized spacial score (nSPS) is 20.3. The zero-order valence-corrected chi connectivity index (χ0v) is 9.63. The van der Waals surface area contributed by atoms with Crippen molar-refractivity contribution in [2.45, 2.75) is 12.8 Å². The molecule has 1 saturated heterocycles. The topological polar surface area (TPSA) is 99.1 Å². The van der Waals surface area contributed by atoms with Gasteiger partial charge >= 0.3 is 0 Å². The predicted molar refractivity (Wildman–Crippen MR) is 65.1 cm³/mol. The molecular weight excluding hydrogens is 218 g/mol. The highest BCUT2D eigenvalue weighted by molar-refractivity contribution is 5.97. The third-order valence-corrected chi connectivity index (χ3v) is 3.01. The first-order chi connectivity index (χ1) is 8.22. The molecule has 1 aromatic heterocycles. The largest absolute Gasteiger partial charge is 0.396 e. The number of nitrogens with one attached hydrogen (secondary N) is 1. The third-order valence-electron chi connectivity index (χ3n) is 3.01. The molecule has 1 atom stereocenters. The summed E-state index contributed by atoms with van der Waals surface area (Å²) in [6, 6.07) is 0. The van der Waals surface area contributed by atoms with Crippen LogP contribution in [0, 0.1) is 11.3 Å². The van der Waals surface area contributed by atoms with Gasteiger partial charge in [-0.2, -0.15) is 0 Å². The van der Waals surface area contributed by atoms with Crippen LogP contribution in [0.25, 0.3) is 0 Å². The van der Waals surface area contributed by atoms with Crippen LogP contribution in [-0.2, 0) is 0 Å². The standard InChI is InChI=1S/C11H17N5O/c12-10(13)9-11(15-4-3-14-9)16-5-1-2-8(6-16)7-17/h3-4,8,17H,1-2,5-7H2,(H3,12,13). The van der Waals surface area contributed by atoms with Gasteiger partial charge in [0.25, 0.3) is 0 Å². The Kier molecular flexibility index (Phi) is 3.53. The van der Waals surface area contributed by atoms with E-state index in [0.717, 1.165) is 25.9 Å². The summed E-state index contributed by atoms with van der Waals surface area (Å²) in [7, 11) is 0. The fraction of sp³-hybridized carbons (Fsp3) is 0.545. The smallest absolute Gasteiger partial charge is 0.158 e. The Morgan fingerprint density at radius 3 is 3.00 bits per heavy atom. The summed E-state index contributed by atoms with van der Waals surface area (Å²) in [6.45, 7) is 1.80. The van der Waals surface area contributed by atoms with Gasteiger partial charge in [-0.05, 0) is 18.8 Å². The van der Waals surface area contributed by atoms with Crippen LogP contribution >= 0.6 is 0 Å². The summed E-state index contributed by atoms with van der Waals surface area (Å²) in [5.74, 6) is 0.850. The highest BCUT2D eigenvalue weighted by Gasteiger charge is 2.23. The summed E-state index contributed by atoms with van der Waals surface area (Å²) >= 11 is 0. The number of nitrogens with zero attached hydrogens (tertiary/aromatic N) is 3. The van der Waals surface area contributed by atoms with Gasteiger partial charge in [0, 0.05) is 32.1 Å². The molecule has 0 radical (unpaired) electrons. The molecular formula is C11H17N5O. The van der Waals surface area contributed by atoms with E-state index in [2.05, 4.69) is 9.97 Å². The lowest BCUT2D eigenvalue weighted by atomic mass is 9.99. The van der Waals surface area contributed by atoms with Crippen molar-refractivity contribution in [2.24, 2.45) is 11.7 Å². The minimum absolute atomic E-state index is 0.0702. The molecule has 6 nitrogen and oxygen atoms in total. The third kappa shape index (κ3) is 2.52. The monoisotopic (exact) mass is 235 g/mol. The first-order valence-corrected chi connectivity index (χ1v) is 5.73. The molecule has 1 aliphatic rings. The number of hydrogen-bond acceptors (Lipinski definition) is 5. The molecule has 6 heteroatoms. The second kappa shape index (κ2) is 5.09. The molecule has 0 aliphatic carbocycles. The predicted octanol–water partition coefficient (Wildman–Crippen LogP) is -0.0306. The quantitative estimate of drug-likeness (QED) is 0.504. The molecule has 2 heterocycles. The van der Waals surface area contributed by atoms with Gasteiger partial charge in [0.2, 0.25) is 0 Å². The highest BCUT2D eigenvalue weighted by atomic mass is 16.3. The first kappa shape index (κ1) is 11.8. The molecule has 17 heavy (non-hydrogen) atoms. The van der Waals surface area contributed by atoms with E-state index in [1.165, 1.54) is 6.20 Å². The van der Waals surface area contributed by atoms with Crippen LogP contribution in [0.4, 0.5) is 5.82 Å². The average molecular weight is 235 g/mol. The summed E-state index contributed by atoms with van der Waals surface area (Å²) in [5.41, 5.74) is 5.92. The molecule has 0 saturated carbocycles. The minimum atomic E-state index is -0.0702. The Labute approximate surface area is 100.0 Å². The van der Waals surface area contributed by atoms with E-state index in [1.54, 1.807) is 6.20 Å². The number of nitrogens with two attached hydrogens (primary N) is 1. The molecule has 2 rings (SSSR count). The lowest BCUT2D eigenvalue weighted by Crippen LogP contribution is -2.38.